The third kappa shape index (κ3) is 3.15. The fourth-order valence-corrected chi connectivity index (χ4v) is 4.53. The summed E-state index contributed by atoms with van der Waals surface area (Å²) in [5, 5.41) is 18.5. The van der Waals surface area contributed by atoms with Crippen LogP contribution in [0.15, 0.2) is 73.1 Å². The van der Waals surface area contributed by atoms with Crippen LogP contribution < -0.4 is 5.32 Å². The fourth-order valence-electron chi connectivity index (χ4n) is 4.53. The van der Waals surface area contributed by atoms with Crippen molar-refractivity contribution in [2.24, 2.45) is 0 Å². The summed E-state index contributed by atoms with van der Waals surface area (Å²) in [6.45, 7) is 0. The Labute approximate surface area is 183 Å². The van der Waals surface area contributed by atoms with E-state index < -0.39 is 0 Å². The van der Waals surface area contributed by atoms with Gasteiger partial charge in [-0.05, 0) is 54.3 Å². The SMILES string of the molecule is O=C(Nc1cccc(-c2n[nH]c3ccc(-c4ncn[nH]4)cc23)c1)[C@@H]1CCc2ccccc21. The molecule has 0 fully saturated rings. The molecule has 1 amide bonds. The summed E-state index contributed by atoms with van der Waals surface area (Å²) in [5.74, 6) is 0.633. The van der Waals surface area contributed by atoms with Gasteiger partial charge >= 0.3 is 0 Å². The number of benzene rings is 3. The molecule has 0 unspecified atom stereocenters. The number of hydrogen-bond acceptors (Lipinski definition) is 4. The maximum Gasteiger partial charge on any atom is 0.231 e. The average Bonchev–Trinajstić information content (AvgIpc) is 3.58. The number of amides is 1. The summed E-state index contributed by atoms with van der Waals surface area (Å²) in [4.78, 5) is 17.3. The van der Waals surface area contributed by atoms with Gasteiger partial charge in [-0.25, -0.2) is 4.98 Å². The number of hydrogen-bond donors (Lipinski definition) is 3. The molecule has 0 radical (unpaired) electrons. The van der Waals surface area contributed by atoms with Crippen LogP contribution in [0.25, 0.3) is 33.5 Å². The van der Waals surface area contributed by atoms with E-state index in [1.807, 2.05) is 54.6 Å². The van der Waals surface area contributed by atoms with E-state index in [1.165, 1.54) is 11.9 Å². The van der Waals surface area contributed by atoms with Crippen LogP contribution in [0.3, 0.4) is 0 Å². The summed E-state index contributed by atoms with van der Waals surface area (Å²) in [5.41, 5.74) is 6.78. The standard InChI is InChI=1S/C25H20N6O/c32-25(20-10-8-15-4-1-2-7-19(15)20)28-18-6-3-5-16(12-18)23-21-13-17(24-26-14-27-31-24)9-11-22(21)29-30-23/h1-7,9,11-14,20H,8,10H2,(H,28,32)(H,29,30)(H,26,27,31)/t20-/m1/s1. The van der Waals surface area contributed by atoms with Gasteiger partial charge in [0.05, 0.1) is 17.1 Å². The van der Waals surface area contributed by atoms with Gasteiger partial charge in [-0.1, -0.05) is 36.4 Å². The van der Waals surface area contributed by atoms with E-state index in [4.69, 9.17) is 0 Å². The van der Waals surface area contributed by atoms with Gasteiger partial charge in [-0.15, -0.1) is 0 Å². The molecule has 0 saturated heterocycles. The van der Waals surface area contributed by atoms with Crippen molar-refractivity contribution in [3.8, 4) is 22.6 Å². The highest BCUT2D eigenvalue weighted by atomic mass is 16.1. The van der Waals surface area contributed by atoms with E-state index >= 15 is 0 Å². The lowest BCUT2D eigenvalue weighted by Crippen LogP contribution is -2.19. The lowest BCUT2D eigenvalue weighted by molar-refractivity contribution is -0.117. The van der Waals surface area contributed by atoms with Crippen molar-refractivity contribution in [2.75, 3.05) is 5.32 Å². The molecule has 5 aromatic rings. The van der Waals surface area contributed by atoms with Crippen LogP contribution in [0.5, 0.6) is 0 Å². The second-order valence-corrected chi connectivity index (χ2v) is 8.03. The van der Waals surface area contributed by atoms with Gasteiger partial charge < -0.3 is 5.32 Å². The number of anilines is 1. The first kappa shape index (κ1) is 18.5. The average molecular weight is 420 g/mol. The molecule has 3 N–H and O–H groups in total. The normalized spacial score (nSPS) is 15.1. The Bertz CT molecular complexity index is 1440. The van der Waals surface area contributed by atoms with Crippen LogP contribution in [-0.4, -0.2) is 31.3 Å². The van der Waals surface area contributed by atoms with Crippen LogP contribution >= 0.6 is 0 Å². The van der Waals surface area contributed by atoms with E-state index in [2.05, 4.69) is 42.8 Å². The second kappa shape index (κ2) is 7.46. The molecular formula is C25H20N6O. The number of H-pyrrole nitrogens is 2. The van der Waals surface area contributed by atoms with Gasteiger partial charge in [-0.3, -0.25) is 15.0 Å². The Kier molecular flexibility index (Phi) is 4.31. The van der Waals surface area contributed by atoms with Crippen molar-refractivity contribution < 1.29 is 4.79 Å². The third-order valence-corrected chi connectivity index (χ3v) is 6.10. The molecule has 3 aromatic carbocycles. The van der Waals surface area contributed by atoms with E-state index in [9.17, 15) is 4.79 Å². The maximum absolute atomic E-state index is 13.0. The highest BCUT2D eigenvalue weighted by Gasteiger charge is 2.28. The lowest BCUT2D eigenvalue weighted by Gasteiger charge is -2.13. The lowest BCUT2D eigenvalue weighted by atomic mass is 10.00. The summed E-state index contributed by atoms with van der Waals surface area (Å²) in [7, 11) is 0. The number of carbonyl (C=O) groups is 1. The van der Waals surface area contributed by atoms with Crippen LogP contribution in [0.1, 0.15) is 23.5 Å². The number of aromatic nitrogens is 5. The van der Waals surface area contributed by atoms with Gasteiger partial charge in [0.2, 0.25) is 5.91 Å². The Balaban J connectivity index is 1.31. The minimum Gasteiger partial charge on any atom is -0.326 e. The Hall–Kier alpha value is -4.26. The Morgan fingerprint density at radius 1 is 0.969 bits per heavy atom. The van der Waals surface area contributed by atoms with Crippen LogP contribution in [0.2, 0.25) is 0 Å². The molecule has 6 rings (SSSR count). The molecule has 0 saturated carbocycles. The molecule has 7 nitrogen and oxygen atoms in total. The van der Waals surface area contributed by atoms with E-state index in [0.29, 0.717) is 5.82 Å². The molecule has 32 heavy (non-hydrogen) atoms. The van der Waals surface area contributed by atoms with Crippen molar-refractivity contribution >= 4 is 22.5 Å². The van der Waals surface area contributed by atoms with E-state index in [-0.39, 0.29) is 11.8 Å². The second-order valence-electron chi connectivity index (χ2n) is 8.03. The number of aryl methyl sites for hydroxylation is 1. The van der Waals surface area contributed by atoms with Crippen molar-refractivity contribution in [1.82, 2.24) is 25.4 Å². The topological polar surface area (TPSA) is 99.3 Å². The summed E-state index contributed by atoms with van der Waals surface area (Å²) < 4.78 is 0. The van der Waals surface area contributed by atoms with Crippen molar-refractivity contribution in [1.29, 1.82) is 0 Å². The molecule has 2 aromatic heterocycles. The molecule has 7 heteroatoms. The first-order valence-corrected chi connectivity index (χ1v) is 10.6. The molecule has 1 atom stereocenters. The van der Waals surface area contributed by atoms with Gasteiger partial charge in [0, 0.05) is 22.2 Å². The quantitative estimate of drug-likeness (QED) is 0.393. The van der Waals surface area contributed by atoms with Gasteiger partial charge in [-0.2, -0.15) is 10.2 Å². The van der Waals surface area contributed by atoms with Crippen LogP contribution in [-0.2, 0) is 11.2 Å². The van der Waals surface area contributed by atoms with Gasteiger partial charge in [0.25, 0.3) is 0 Å². The molecule has 1 aliphatic rings. The molecule has 1 aliphatic carbocycles. The number of fused-ring (bicyclic) bond motifs is 2. The zero-order valence-electron chi connectivity index (χ0n) is 17.2. The number of aromatic amines is 2. The maximum atomic E-state index is 13.0. The van der Waals surface area contributed by atoms with Gasteiger partial charge in [0.1, 0.15) is 6.33 Å². The van der Waals surface area contributed by atoms with Gasteiger partial charge in [0.15, 0.2) is 5.82 Å². The monoisotopic (exact) mass is 420 g/mol. The predicted molar refractivity (Wildman–Crippen MR) is 123 cm³/mol. The predicted octanol–water partition coefficient (Wildman–Crippen LogP) is 4.68. The van der Waals surface area contributed by atoms with E-state index in [1.54, 1.807) is 0 Å². The molecule has 0 spiro atoms. The number of rotatable bonds is 4. The smallest absolute Gasteiger partial charge is 0.231 e. The minimum atomic E-state index is -0.106. The Morgan fingerprint density at radius 3 is 2.81 bits per heavy atom. The molecular weight excluding hydrogens is 400 g/mol. The summed E-state index contributed by atoms with van der Waals surface area (Å²) in [6, 6.07) is 22.0. The van der Waals surface area contributed by atoms with Crippen molar-refractivity contribution in [3.05, 3.63) is 84.2 Å². The zero-order chi connectivity index (χ0) is 21.5. The molecule has 2 heterocycles. The van der Waals surface area contributed by atoms with Crippen LogP contribution in [0, 0.1) is 0 Å². The van der Waals surface area contributed by atoms with Crippen molar-refractivity contribution in [2.45, 2.75) is 18.8 Å². The summed E-state index contributed by atoms with van der Waals surface area (Å²) >= 11 is 0. The van der Waals surface area contributed by atoms with Crippen molar-refractivity contribution in [3.63, 3.8) is 0 Å². The molecule has 0 bridgehead atoms. The summed E-state index contributed by atoms with van der Waals surface area (Å²) in [6.07, 6.45) is 3.28. The number of nitrogens with one attached hydrogen (secondary N) is 3. The highest BCUT2D eigenvalue weighted by Crippen LogP contribution is 2.35. The van der Waals surface area contributed by atoms with E-state index in [0.717, 1.165) is 51.8 Å². The Morgan fingerprint density at radius 2 is 1.91 bits per heavy atom. The largest absolute Gasteiger partial charge is 0.326 e. The van der Waals surface area contributed by atoms with Crippen LogP contribution in [0.4, 0.5) is 5.69 Å². The fraction of sp³-hybridized carbons (Fsp3) is 0.120. The molecule has 156 valence electrons. The minimum absolute atomic E-state index is 0.0339. The highest BCUT2D eigenvalue weighted by molar-refractivity contribution is 5.99. The first-order valence-electron chi connectivity index (χ1n) is 10.6. The zero-order valence-corrected chi connectivity index (χ0v) is 17.2. The molecule has 0 aliphatic heterocycles. The number of carbonyl (C=O) groups excluding carboxylic acids is 1. The first-order chi connectivity index (χ1) is 15.8. The number of nitrogens with zero attached hydrogens (tertiary/aromatic N) is 3. The third-order valence-electron chi connectivity index (χ3n) is 6.10.